The molecule has 0 spiro atoms. The second kappa shape index (κ2) is 6.81. The summed E-state index contributed by atoms with van der Waals surface area (Å²) in [6.45, 7) is 4.40. The van der Waals surface area contributed by atoms with Crippen molar-refractivity contribution < 1.29 is 4.79 Å². The standard InChI is InChI=1S/C14H16ClN3OS/c1-9(2)7-10-3-5-11(6-4-10)13-17-18-14(20-13)16-12(19)8-15/h3-6,9H,7-8H2,1-2H3,(H,16,18,19). The molecule has 2 rings (SSSR count). The molecule has 2 aromatic rings. The van der Waals surface area contributed by atoms with Gasteiger partial charge in [-0.05, 0) is 17.9 Å². The average Bonchev–Trinajstić information content (AvgIpc) is 2.87. The summed E-state index contributed by atoms with van der Waals surface area (Å²) in [6.07, 6.45) is 1.06. The Labute approximate surface area is 127 Å². The van der Waals surface area contributed by atoms with E-state index in [0.717, 1.165) is 17.0 Å². The molecule has 0 fully saturated rings. The van der Waals surface area contributed by atoms with Crippen molar-refractivity contribution in [2.24, 2.45) is 5.92 Å². The molecule has 106 valence electrons. The number of carbonyl (C=O) groups is 1. The number of benzene rings is 1. The lowest BCUT2D eigenvalue weighted by atomic mass is 10.0. The molecule has 0 atom stereocenters. The highest BCUT2D eigenvalue weighted by Gasteiger charge is 2.09. The lowest BCUT2D eigenvalue weighted by Crippen LogP contribution is -2.12. The zero-order valence-electron chi connectivity index (χ0n) is 11.4. The van der Waals surface area contributed by atoms with Crippen molar-refractivity contribution >= 4 is 34.0 Å². The van der Waals surface area contributed by atoms with E-state index in [1.165, 1.54) is 16.9 Å². The number of nitrogens with one attached hydrogen (secondary N) is 1. The van der Waals surface area contributed by atoms with Crippen LogP contribution in [-0.2, 0) is 11.2 Å². The number of halogens is 1. The number of hydrogen-bond donors (Lipinski definition) is 1. The van der Waals surface area contributed by atoms with Crippen molar-refractivity contribution in [3.05, 3.63) is 29.8 Å². The Morgan fingerprint density at radius 1 is 1.30 bits per heavy atom. The maximum atomic E-state index is 11.2. The van der Waals surface area contributed by atoms with Crippen LogP contribution in [0.25, 0.3) is 10.6 Å². The van der Waals surface area contributed by atoms with E-state index >= 15 is 0 Å². The van der Waals surface area contributed by atoms with Gasteiger partial charge in [-0.25, -0.2) is 0 Å². The molecule has 1 heterocycles. The second-order valence-electron chi connectivity index (χ2n) is 4.89. The van der Waals surface area contributed by atoms with E-state index in [4.69, 9.17) is 11.6 Å². The van der Waals surface area contributed by atoms with Crippen LogP contribution in [0.2, 0.25) is 0 Å². The number of rotatable bonds is 5. The Balaban J connectivity index is 2.10. The highest BCUT2D eigenvalue weighted by Crippen LogP contribution is 2.26. The fraction of sp³-hybridized carbons (Fsp3) is 0.357. The molecule has 6 heteroatoms. The van der Waals surface area contributed by atoms with E-state index in [-0.39, 0.29) is 11.8 Å². The van der Waals surface area contributed by atoms with Gasteiger partial charge in [0, 0.05) is 5.56 Å². The molecule has 1 aromatic heterocycles. The minimum absolute atomic E-state index is 0.0845. The van der Waals surface area contributed by atoms with Gasteiger partial charge in [-0.2, -0.15) is 0 Å². The Bertz CT molecular complexity index is 580. The Hall–Kier alpha value is -1.46. The van der Waals surface area contributed by atoms with Crippen molar-refractivity contribution in [2.45, 2.75) is 20.3 Å². The summed E-state index contributed by atoms with van der Waals surface area (Å²) in [7, 11) is 0. The van der Waals surface area contributed by atoms with E-state index in [2.05, 4.69) is 41.5 Å². The highest BCUT2D eigenvalue weighted by atomic mass is 35.5. The minimum atomic E-state index is -0.276. The van der Waals surface area contributed by atoms with E-state index in [9.17, 15) is 4.79 Å². The fourth-order valence-electron chi connectivity index (χ4n) is 1.80. The van der Waals surface area contributed by atoms with Gasteiger partial charge < -0.3 is 0 Å². The van der Waals surface area contributed by atoms with Crippen LogP contribution in [0.15, 0.2) is 24.3 Å². The number of anilines is 1. The van der Waals surface area contributed by atoms with Crippen LogP contribution in [0.3, 0.4) is 0 Å². The minimum Gasteiger partial charge on any atom is -0.299 e. The number of hydrogen-bond acceptors (Lipinski definition) is 4. The van der Waals surface area contributed by atoms with Crippen LogP contribution >= 0.6 is 22.9 Å². The summed E-state index contributed by atoms with van der Waals surface area (Å²) in [5.74, 6) is 0.278. The Kier molecular flexibility index (Phi) is 5.09. The molecule has 4 nitrogen and oxygen atoms in total. The Morgan fingerprint density at radius 3 is 2.60 bits per heavy atom. The topological polar surface area (TPSA) is 54.9 Å². The number of aromatic nitrogens is 2. The van der Waals surface area contributed by atoms with Crippen molar-refractivity contribution in [3.63, 3.8) is 0 Å². The first-order valence-electron chi connectivity index (χ1n) is 6.37. The van der Waals surface area contributed by atoms with Gasteiger partial charge in [0.1, 0.15) is 10.9 Å². The van der Waals surface area contributed by atoms with Gasteiger partial charge in [0.05, 0.1) is 0 Å². The number of amides is 1. The van der Waals surface area contributed by atoms with E-state index in [1.807, 2.05) is 12.1 Å². The van der Waals surface area contributed by atoms with Gasteiger partial charge in [-0.3, -0.25) is 10.1 Å². The average molecular weight is 310 g/mol. The van der Waals surface area contributed by atoms with E-state index in [0.29, 0.717) is 11.0 Å². The highest BCUT2D eigenvalue weighted by molar-refractivity contribution is 7.18. The fourth-order valence-corrected chi connectivity index (χ4v) is 2.63. The predicted molar refractivity (Wildman–Crippen MR) is 83.2 cm³/mol. The van der Waals surface area contributed by atoms with Crippen LogP contribution in [0.1, 0.15) is 19.4 Å². The third-order valence-corrected chi connectivity index (χ3v) is 3.77. The molecular formula is C14H16ClN3OS. The first kappa shape index (κ1) is 14.9. The summed E-state index contributed by atoms with van der Waals surface area (Å²) in [6, 6.07) is 8.28. The van der Waals surface area contributed by atoms with Crippen LogP contribution in [0.5, 0.6) is 0 Å². The molecular weight excluding hydrogens is 294 g/mol. The molecule has 0 unspecified atom stereocenters. The lowest BCUT2D eigenvalue weighted by molar-refractivity contribution is -0.113. The first-order valence-corrected chi connectivity index (χ1v) is 7.72. The molecule has 0 aliphatic heterocycles. The zero-order valence-corrected chi connectivity index (χ0v) is 13.0. The molecule has 20 heavy (non-hydrogen) atoms. The summed E-state index contributed by atoms with van der Waals surface area (Å²) in [5, 5.41) is 11.9. The summed E-state index contributed by atoms with van der Waals surface area (Å²) < 4.78 is 0. The van der Waals surface area contributed by atoms with Crippen LogP contribution < -0.4 is 5.32 Å². The summed E-state index contributed by atoms with van der Waals surface area (Å²) >= 11 is 6.77. The molecule has 0 saturated heterocycles. The quantitative estimate of drug-likeness (QED) is 0.859. The molecule has 1 amide bonds. The van der Waals surface area contributed by atoms with Gasteiger partial charge in [-0.1, -0.05) is 49.4 Å². The lowest BCUT2D eigenvalue weighted by Gasteiger charge is -2.04. The van der Waals surface area contributed by atoms with Gasteiger partial charge in [0.15, 0.2) is 0 Å². The maximum absolute atomic E-state index is 11.2. The SMILES string of the molecule is CC(C)Cc1ccc(-c2nnc(NC(=O)CCl)s2)cc1. The largest absolute Gasteiger partial charge is 0.299 e. The molecule has 1 N–H and O–H groups in total. The molecule has 0 saturated carbocycles. The van der Waals surface area contributed by atoms with Crippen LogP contribution in [-0.4, -0.2) is 22.0 Å². The molecule has 0 aliphatic carbocycles. The molecule has 0 radical (unpaired) electrons. The van der Waals surface area contributed by atoms with Gasteiger partial charge in [0.25, 0.3) is 0 Å². The third kappa shape index (κ3) is 4.02. The summed E-state index contributed by atoms with van der Waals surface area (Å²) in [5.41, 5.74) is 2.31. The smallest absolute Gasteiger partial charge is 0.241 e. The maximum Gasteiger partial charge on any atom is 0.241 e. The number of carbonyl (C=O) groups excluding carboxylic acids is 1. The van der Waals surface area contributed by atoms with Crippen LogP contribution in [0.4, 0.5) is 5.13 Å². The van der Waals surface area contributed by atoms with Crippen molar-refractivity contribution in [2.75, 3.05) is 11.2 Å². The normalized spacial score (nSPS) is 10.8. The zero-order chi connectivity index (χ0) is 14.5. The first-order chi connectivity index (χ1) is 9.58. The van der Waals surface area contributed by atoms with Crippen molar-refractivity contribution in [1.82, 2.24) is 10.2 Å². The van der Waals surface area contributed by atoms with Gasteiger partial charge >= 0.3 is 0 Å². The summed E-state index contributed by atoms with van der Waals surface area (Å²) in [4.78, 5) is 11.2. The van der Waals surface area contributed by atoms with E-state index in [1.54, 1.807) is 0 Å². The third-order valence-electron chi connectivity index (χ3n) is 2.64. The molecule has 1 aromatic carbocycles. The molecule has 0 aliphatic rings. The number of alkyl halides is 1. The van der Waals surface area contributed by atoms with Gasteiger partial charge in [0.2, 0.25) is 11.0 Å². The Morgan fingerprint density at radius 2 is 2.00 bits per heavy atom. The van der Waals surface area contributed by atoms with Crippen LogP contribution in [0, 0.1) is 5.92 Å². The number of nitrogens with zero attached hydrogens (tertiary/aromatic N) is 2. The van der Waals surface area contributed by atoms with Gasteiger partial charge in [-0.15, -0.1) is 21.8 Å². The van der Waals surface area contributed by atoms with Crippen molar-refractivity contribution in [3.8, 4) is 10.6 Å². The van der Waals surface area contributed by atoms with E-state index < -0.39 is 0 Å². The molecule has 0 bridgehead atoms. The monoisotopic (exact) mass is 309 g/mol. The second-order valence-corrected chi connectivity index (χ2v) is 6.13. The predicted octanol–water partition coefficient (Wildman–Crippen LogP) is 3.58. The van der Waals surface area contributed by atoms with Crippen molar-refractivity contribution in [1.29, 1.82) is 0 Å².